The Hall–Kier alpha value is -0.120. The molecular weight excluding hydrogens is 198 g/mol. The van der Waals surface area contributed by atoms with Gasteiger partial charge in [-0.15, -0.1) is 0 Å². The summed E-state index contributed by atoms with van der Waals surface area (Å²) in [4.78, 5) is 5.16. The van der Waals surface area contributed by atoms with Crippen LogP contribution in [0.25, 0.3) is 0 Å². The summed E-state index contributed by atoms with van der Waals surface area (Å²) in [6.07, 6.45) is 1.23. The van der Waals surface area contributed by atoms with Crippen LogP contribution >= 0.6 is 0 Å². The molecule has 0 aliphatic carbocycles. The van der Waals surface area contributed by atoms with Crippen LogP contribution in [0.3, 0.4) is 0 Å². The second-order valence-corrected chi connectivity index (χ2v) is 5.16. The first-order valence-corrected chi connectivity index (χ1v) is 6.82. The van der Waals surface area contributed by atoms with Gasteiger partial charge in [0.1, 0.15) is 0 Å². The number of likely N-dealkylation sites (N-methyl/N-ethyl adjacent to an activating group) is 1. The summed E-state index contributed by atoms with van der Waals surface area (Å²) in [6, 6.07) is 1.25. The standard InChI is InChI=1S/C13H29N3/c1-5-11(3)13(9-14)16-8-7-15(6-2)12(4)10-16/h11-13H,5-10,14H2,1-4H3. The zero-order valence-electron chi connectivity index (χ0n) is 11.4. The first kappa shape index (κ1) is 13.9. The predicted molar refractivity (Wildman–Crippen MR) is 70.6 cm³/mol. The van der Waals surface area contributed by atoms with Gasteiger partial charge in [0.05, 0.1) is 0 Å². The van der Waals surface area contributed by atoms with Crippen molar-refractivity contribution in [1.29, 1.82) is 0 Å². The zero-order valence-corrected chi connectivity index (χ0v) is 11.4. The summed E-state index contributed by atoms with van der Waals surface area (Å²) >= 11 is 0. The molecular formula is C13H29N3. The van der Waals surface area contributed by atoms with E-state index in [1.807, 2.05) is 0 Å². The monoisotopic (exact) mass is 227 g/mol. The minimum Gasteiger partial charge on any atom is -0.329 e. The number of nitrogens with zero attached hydrogens (tertiary/aromatic N) is 2. The maximum absolute atomic E-state index is 5.94. The highest BCUT2D eigenvalue weighted by Gasteiger charge is 2.28. The number of nitrogens with two attached hydrogens (primary N) is 1. The molecule has 0 aromatic heterocycles. The minimum absolute atomic E-state index is 0.575. The number of hydrogen-bond donors (Lipinski definition) is 1. The summed E-state index contributed by atoms with van der Waals surface area (Å²) in [5, 5.41) is 0. The summed E-state index contributed by atoms with van der Waals surface area (Å²) in [6.45, 7) is 14.7. The molecule has 1 saturated heterocycles. The van der Waals surface area contributed by atoms with Crippen LogP contribution < -0.4 is 5.73 Å². The van der Waals surface area contributed by atoms with E-state index >= 15 is 0 Å². The van der Waals surface area contributed by atoms with Gasteiger partial charge in [0, 0.05) is 38.3 Å². The smallest absolute Gasteiger partial charge is 0.0245 e. The second kappa shape index (κ2) is 6.58. The predicted octanol–water partition coefficient (Wildman–Crippen LogP) is 1.39. The quantitative estimate of drug-likeness (QED) is 0.770. The normalized spacial score (nSPS) is 27.9. The Morgan fingerprint density at radius 3 is 2.44 bits per heavy atom. The van der Waals surface area contributed by atoms with Crippen LogP contribution in [0, 0.1) is 5.92 Å². The van der Waals surface area contributed by atoms with Gasteiger partial charge in [-0.3, -0.25) is 9.80 Å². The average molecular weight is 227 g/mol. The fourth-order valence-corrected chi connectivity index (χ4v) is 2.81. The Morgan fingerprint density at radius 1 is 1.31 bits per heavy atom. The van der Waals surface area contributed by atoms with Gasteiger partial charge >= 0.3 is 0 Å². The van der Waals surface area contributed by atoms with Crippen LogP contribution in [-0.4, -0.2) is 54.6 Å². The van der Waals surface area contributed by atoms with Crippen molar-refractivity contribution >= 4 is 0 Å². The molecule has 1 aliphatic rings. The lowest BCUT2D eigenvalue weighted by atomic mass is 9.96. The number of piperazine rings is 1. The van der Waals surface area contributed by atoms with E-state index in [4.69, 9.17) is 5.73 Å². The van der Waals surface area contributed by atoms with Crippen molar-refractivity contribution in [3.05, 3.63) is 0 Å². The van der Waals surface area contributed by atoms with E-state index in [1.165, 1.54) is 32.6 Å². The Bertz CT molecular complexity index is 196. The van der Waals surface area contributed by atoms with Crippen molar-refractivity contribution in [2.75, 3.05) is 32.7 Å². The van der Waals surface area contributed by atoms with Crippen LogP contribution in [0.5, 0.6) is 0 Å². The molecule has 3 heteroatoms. The molecule has 0 radical (unpaired) electrons. The highest BCUT2D eigenvalue weighted by Crippen LogP contribution is 2.18. The fraction of sp³-hybridized carbons (Fsp3) is 1.00. The summed E-state index contributed by atoms with van der Waals surface area (Å²) < 4.78 is 0. The molecule has 1 rings (SSSR count). The van der Waals surface area contributed by atoms with Crippen LogP contribution in [0.4, 0.5) is 0 Å². The molecule has 0 spiro atoms. The van der Waals surface area contributed by atoms with Crippen LogP contribution in [0.2, 0.25) is 0 Å². The fourth-order valence-electron chi connectivity index (χ4n) is 2.81. The maximum Gasteiger partial charge on any atom is 0.0245 e. The summed E-state index contributed by atoms with van der Waals surface area (Å²) in [5.74, 6) is 0.713. The Morgan fingerprint density at radius 2 is 2.00 bits per heavy atom. The minimum atomic E-state index is 0.575. The van der Waals surface area contributed by atoms with Gasteiger partial charge < -0.3 is 5.73 Å². The van der Waals surface area contributed by atoms with Gasteiger partial charge in [-0.25, -0.2) is 0 Å². The third kappa shape index (κ3) is 3.19. The molecule has 3 atom stereocenters. The molecule has 96 valence electrons. The summed E-state index contributed by atoms with van der Waals surface area (Å²) in [7, 11) is 0. The van der Waals surface area contributed by atoms with Gasteiger partial charge in [0.25, 0.3) is 0 Å². The Balaban J connectivity index is 2.54. The second-order valence-electron chi connectivity index (χ2n) is 5.16. The summed E-state index contributed by atoms with van der Waals surface area (Å²) in [5.41, 5.74) is 5.94. The largest absolute Gasteiger partial charge is 0.329 e. The van der Waals surface area contributed by atoms with Crippen LogP contribution in [0.15, 0.2) is 0 Å². The van der Waals surface area contributed by atoms with Crippen molar-refractivity contribution in [3.63, 3.8) is 0 Å². The van der Waals surface area contributed by atoms with E-state index < -0.39 is 0 Å². The third-order valence-corrected chi connectivity index (χ3v) is 4.21. The lowest BCUT2D eigenvalue weighted by Gasteiger charge is -2.44. The zero-order chi connectivity index (χ0) is 12.1. The highest BCUT2D eigenvalue weighted by molar-refractivity contribution is 4.85. The van der Waals surface area contributed by atoms with Crippen molar-refractivity contribution in [2.45, 2.75) is 46.2 Å². The average Bonchev–Trinajstić information content (AvgIpc) is 2.30. The van der Waals surface area contributed by atoms with Crippen LogP contribution in [-0.2, 0) is 0 Å². The topological polar surface area (TPSA) is 32.5 Å². The first-order chi connectivity index (χ1) is 7.63. The lowest BCUT2D eigenvalue weighted by Crippen LogP contribution is -2.57. The molecule has 16 heavy (non-hydrogen) atoms. The van der Waals surface area contributed by atoms with Crippen molar-refractivity contribution < 1.29 is 0 Å². The molecule has 1 fully saturated rings. The molecule has 0 amide bonds. The van der Waals surface area contributed by atoms with E-state index in [2.05, 4.69) is 37.5 Å². The van der Waals surface area contributed by atoms with Gasteiger partial charge in [-0.05, 0) is 19.4 Å². The molecule has 1 heterocycles. The molecule has 2 N–H and O–H groups in total. The molecule has 3 nitrogen and oxygen atoms in total. The molecule has 0 aromatic rings. The number of rotatable bonds is 5. The van der Waals surface area contributed by atoms with E-state index in [9.17, 15) is 0 Å². The molecule has 1 aliphatic heterocycles. The molecule has 0 bridgehead atoms. The van der Waals surface area contributed by atoms with Gasteiger partial charge in [-0.2, -0.15) is 0 Å². The first-order valence-electron chi connectivity index (χ1n) is 6.82. The Kier molecular flexibility index (Phi) is 5.73. The molecule has 0 aromatic carbocycles. The highest BCUT2D eigenvalue weighted by atomic mass is 15.3. The molecule has 0 saturated carbocycles. The lowest BCUT2D eigenvalue weighted by molar-refractivity contribution is 0.0434. The van der Waals surface area contributed by atoms with Crippen molar-refractivity contribution in [2.24, 2.45) is 11.7 Å². The van der Waals surface area contributed by atoms with Gasteiger partial charge in [-0.1, -0.05) is 27.2 Å². The SMILES string of the molecule is CCC(C)C(CN)N1CCN(CC)C(C)C1. The molecule has 3 unspecified atom stereocenters. The third-order valence-electron chi connectivity index (χ3n) is 4.21. The van der Waals surface area contributed by atoms with E-state index in [1.54, 1.807) is 0 Å². The Labute approximate surface area is 101 Å². The maximum atomic E-state index is 5.94. The van der Waals surface area contributed by atoms with Crippen LogP contribution in [0.1, 0.15) is 34.1 Å². The van der Waals surface area contributed by atoms with E-state index in [0.29, 0.717) is 18.0 Å². The van der Waals surface area contributed by atoms with E-state index in [-0.39, 0.29) is 0 Å². The number of hydrogen-bond acceptors (Lipinski definition) is 3. The van der Waals surface area contributed by atoms with Crippen molar-refractivity contribution in [1.82, 2.24) is 9.80 Å². The van der Waals surface area contributed by atoms with Gasteiger partial charge in [0.2, 0.25) is 0 Å². The van der Waals surface area contributed by atoms with Gasteiger partial charge in [0.15, 0.2) is 0 Å². The van der Waals surface area contributed by atoms with Crippen molar-refractivity contribution in [3.8, 4) is 0 Å². The van der Waals surface area contributed by atoms with E-state index in [0.717, 1.165) is 6.54 Å².